The Hall–Kier alpha value is -0.943. The van der Waals surface area contributed by atoms with E-state index in [0.717, 1.165) is 0 Å². The van der Waals surface area contributed by atoms with Crippen LogP contribution in [0.5, 0.6) is 0 Å². The van der Waals surface area contributed by atoms with Crippen LogP contribution < -0.4 is 0 Å². The van der Waals surface area contributed by atoms with Gasteiger partial charge in [-0.05, 0) is 26.5 Å². The van der Waals surface area contributed by atoms with Gasteiger partial charge in [-0.3, -0.25) is 0 Å². The molecule has 0 amide bonds. The molecule has 0 aliphatic rings. The second-order valence-corrected chi connectivity index (χ2v) is 5.67. The Morgan fingerprint density at radius 2 is 1.22 bits per heavy atom. The van der Waals surface area contributed by atoms with Crippen molar-refractivity contribution in [3.05, 3.63) is 48.7 Å². The minimum absolute atomic E-state index is 0.580. The lowest BCUT2D eigenvalue weighted by Crippen LogP contribution is -2.44. The number of hydrogen-bond acceptors (Lipinski definition) is 3. The van der Waals surface area contributed by atoms with E-state index in [-0.39, 0.29) is 0 Å². The zero-order valence-corrected chi connectivity index (χ0v) is 12.6. The van der Waals surface area contributed by atoms with Crippen LogP contribution in [0.4, 0.5) is 0 Å². The second-order valence-electron chi connectivity index (χ2n) is 3.27. The minimum atomic E-state index is -2.64. The summed E-state index contributed by atoms with van der Waals surface area (Å²) in [5.41, 5.74) is 1.90. The normalized spacial score (nSPS) is 13.1. The van der Waals surface area contributed by atoms with Crippen LogP contribution in [0.1, 0.15) is 20.8 Å². The third-order valence-corrected chi connectivity index (χ3v) is 4.59. The molecule has 18 heavy (non-hydrogen) atoms. The van der Waals surface area contributed by atoms with Gasteiger partial charge >= 0.3 is 8.80 Å². The Morgan fingerprint density at radius 3 is 1.67 bits per heavy atom. The van der Waals surface area contributed by atoms with Crippen molar-refractivity contribution in [2.45, 2.75) is 20.8 Å². The van der Waals surface area contributed by atoms with Crippen molar-refractivity contribution >= 4 is 8.80 Å². The molecule has 0 spiro atoms. The van der Waals surface area contributed by atoms with Crippen LogP contribution in [0, 0.1) is 0 Å². The second kappa shape index (κ2) is 11.2. The van der Waals surface area contributed by atoms with Gasteiger partial charge in [-0.15, -0.1) is 0 Å². The maximum Gasteiger partial charge on any atom is 0.529 e. The maximum absolute atomic E-state index is 5.68. The average molecular weight is 268 g/mol. The highest BCUT2D eigenvalue weighted by Crippen LogP contribution is 2.11. The molecule has 0 atom stereocenters. The standard InChI is InChI=1S/C14H24O3Si/c1-5-9-10-11-12-13-14-18(15-6-2,16-7-3)17-8-4/h5,9-14H,1,6-8H2,2-4H3. The first-order chi connectivity index (χ1) is 8.74. The average Bonchev–Trinajstić information content (AvgIpc) is 2.35. The molecule has 0 unspecified atom stereocenters. The van der Waals surface area contributed by atoms with E-state index in [9.17, 15) is 0 Å². The van der Waals surface area contributed by atoms with Crippen LogP contribution in [0.15, 0.2) is 48.7 Å². The highest BCUT2D eigenvalue weighted by molar-refractivity contribution is 6.66. The molecule has 3 nitrogen and oxygen atoms in total. The van der Waals surface area contributed by atoms with Gasteiger partial charge in [-0.2, -0.15) is 0 Å². The molecule has 0 aromatic rings. The Labute approximate surface area is 112 Å². The summed E-state index contributed by atoms with van der Waals surface area (Å²) < 4.78 is 17.0. The molecular formula is C14H24O3Si. The molecule has 0 saturated heterocycles. The van der Waals surface area contributed by atoms with Gasteiger partial charge in [0.15, 0.2) is 0 Å². The van der Waals surface area contributed by atoms with Gasteiger partial charge in [0, 0.05) is 19.8 Å². The van der Waals surface area contributed by atoms with Crippen molar-refractivity contribution in [3.63, 3.8) is 0 Å². The van der Waals surface area contributed by atoms with Crippen molar-refractivity contribution in [3.8, 4) is 0 Å². The van der Waals surface area contributed by atoms with E-state index < -0.39 is 8.80 Å². The fourth-order valence-corrected chi connectivity index (χ4v) is 3.41. The first kappa shape index (κ1) is 17.1. The maximum atomic E-state index is 5.68. The molecule has 102 valence electrons. The summed E-state index contributed by atoms with van der Waals surface area (Å²) >= 11 is 0. The van der Waals surface area contributed by atoms with Gasteiger partial charge in [0.2, 0.25) is 0 Å². The zero-order chi connectivity index (χ0) is 13.7. The van der Waals surface area contributed by atoms with Crippen LogP contribution in [-0.2, 0) is 13.3 Å². The van der Waals surface area contributed by atoms with Crippen LogP contribution >= 0.6 is 0 Å². The number of hydrogen-bond donors (Lipinski definition) is 0. The quantitative estimate of drug-likeness (QED) is 0.449. The Balaban J connectivity index is 4.62. The van der Waals surface area contributed by atoms with Crippen LogP contribution in [0.2, 0.25) is 0 Å². The molecule has 0 bridgehead atoms. The summed E-state index contributed by atoms with van der Waals surface area (Å²) in [5, 5.41) is 0. The summed E-state index contributed by atoms with van der Waals surface area (Å²) in [7, 11) is -2.64. The molecule has 4 heteroatoms. The summed E-state index contributed by atoms with van der Waals surface area (Å²) in [5.74, 6) is 0. The van der Waals surface area contributed by atoms with Gasteiger partial charge in [0.05, 0.1) is 0 Å². The third-order valence-electron chi connectivity index (χ3n) is 1.92. The molecular weight excluding hydrogens is 244 g/mol. The summed E-state index contributed by atoms with van der Waals surface area (Å²) in [6.07, 6.45) is 11.2. The Bertz CT molecular complexity index is 278. The monoisotopic (exact) mass is 268 g/mol. The third kappa shape index (κ3) is 7.40. The van der Waals surface area contributed by atoms with Crippen molar-refractivity contribution < 1.29 is 13.3 Å². The van der Waals surface area contributed by atoms with Crippen molar-refractivity contribution in [2.75, 3.05) is 19.8 Å². The molecule has 0 rings (SSSR count). The highest BCUT2D eigenvalue weighted by atomic mass is 28.4. The van der Waals surface area contributed by atoms with Gasteiger partial charge in [-0.25, -0.2) is 0 Å². The highest BCUT2D eigenvalue weighted by Gasteiger charge is 2.37. The van der Waals surface area contributed by atoms with E-state index in [2.05, 4.69) is 6.58 Å². The van der Waals surface area contributed by atoms with E-state index in [1.165, 1.54) is 0 Å². The topological polar surface area (TPSA) is 27.7 Å². The predicted octanol–water partition coefficient (Wildman–Crippen LogP) is 3.43. The molecule has 0 heterocycles. The minimum Gasteiger partial charge on any atom is -0.371 e. The first-order valence-electron chi connectivity index (χ1n) is 6.30. The Kier molecular flexibility index (Phi) is 10.6. The lowest BCUT2D eigenvalue weighted by molar-refractivity contribution is 0.0843. The molecule has 0 radical (unpaired) electrons. The van der Waals surface area contributed by atoms with Crippen LogP contribution in [0.25, 0.3) is 0 Å². The van der Waals surface area contributed by atoms with Crippen molar-refractivity contribution in [2.24, 2.45) is 0 Å². The van der Waals surface area contributed by atoms with Crippen LogP contribution in [-0.4, -0.2) is 28.6 Å². The SMILES string of the molecule is C=CC=CC=CC=C[Si](OCC)(OCC)OCC. The summed E-state index contributed by atoms with van der Waals surface area (Å²) in [4.78, 5) is 0. The molecule has 0 fully saturated rings. The van der Waals surface area contributed by atoms with Crippen molar-refractivity contribution in [1.82, 2.24) is 0 Å². The molecule has 0 saturated carbocycles. The van der Waals surface area contributed by atoms with E-state index in [4.69, 9.17) is 13.3 Å². The Morgan fingerprint density at radius 1 is 0.778 bits per heavy atom. The molecule has 0 aromatic carbocycles. The van der Waals surface area contributed by atoms with Gasteiger partial charge in [0.1, 0.15) is 0 Å². The zero-order valence-electron chi connectivity index (χ0n) is 11.6. The van der Waals surface area contributed by atoms with E-state index in [0.29, 0.717) is 19.8 Å². The first-order valence-corrected chi connectivity index (χ1v) is 8.10. The largest absolute Gasteiger partial charge is 0.529 e. The number of rotatable bonds is 10. The fraction of sp³-hybridized carbons (Fsp3) is 0.429. The lowest BCUT2D eigenvalue weighted by Gasteiger charge is -2.25. The lowest BCUT2D eigenvalue weighted by atomic mass is 10.4. The smallest absolute Gasteiger partial charge is 0.371 e. The molecule has 0 N–H and O–H groups in total. The van der Waals surface area contributed by atoms with E-state index >= 15 is 0 Å². The molecule has 0 aliphatic carbocycles. The molecule has 0 aliphatic heterocycles. The molecule has 0 aromatic heterocycles. The summed E-state index contributed by atoms with van der Waals surface area (Å²) in [6, 6.07) is 0. The van der Waals surface area contributed by atoms with Gasteiger partial charge in [0.25, 0.3) is 0 Å². The fourth-order valence-electron chi connectivity index (χ4n) is 1.32. The van der Waals surface area contributed by atoms with Gasteiger partial charge < -0.3 is 13.3 Å². The number of allylic oxidation sites excluding steroid dienone is 6. The van der Waals surface area contributed by atoms with E-state index in [1.807, 2.05) is 56.9 Å². The van der Waals surface area contributed by atoms with Crippen molar-refractivity contribution in [1.29, 1.82) is 0 Å². The van der Waals surface area contributed by atoms with E-state index in [1.54, 1.807) is 6.08 Å². The predicted molar refractivity (Wildman–Crippen MR) is 78.2 cm³/mol. The van der Waals surface area contributed by atoms with Crippen LogP contribution in [0.3, 0.4) is 0 Å². The van der Waals surface area contributed by atoms with Gasteiger partial charge in [-0.1, -0.05) is 43.0 Å². The summed E-state index contributed by atoms with van der Waals surface area (Å²) in [6.45, 7) is 11.2.